The molecule has 1 rings (SSSR count). The molecule has 2 atom stereocenters. The molecule has 1 aromatic carbocycles. The van der Waals surface area contributed by atoms with Gasteiger partial charge in [0.2, 0.25) is 11.8 Å². The Labute approximate surface area is 202 Å². The van der Waals surface area contributed by atoms with Crippen molar-refractivity contribution in [2.24, 2.45) is 5.92 Å². The molecule has 0 aliphatic carbocycles. The van der Waals surface area contributed by atoms with Crippen LogP contribution in [0.2, 0.25) is 0 Å². The summed E-state index contributed by atoms with van der Waals surface area (Å²) in [5, 5.41) is 5.22. The number of benzene rings is 1. The lowest BCUT2D eigenvalue weighted by molar-refractivity contribution is -0.144. The van der Waals surface area contributed by atoms with Gasteiger partial charge < -0.3 is 25.0 Å². The van der Waals surface area contributed by atoms with Gasteiger partial charge >= 0.3 is 12.1 Å². The molecule has 0 fully saturated rings. The lowest BCUT2D eigenvalue weighted by Crippen LogP contribution is -2.53. The summed E-state index contributed by atoms with van der Waals surface area (Å²) in [5.74, 6) is -1.45. The number of esters is 1. The number of rotatable bonds is 10. The largest absolute Gasteiger partial charge is 0.468 e. The fourth-order valence-corrected chi connectivity index (χ4v) is 3.36. The maximum absolute atomic E-state index is 13.7. The minimum atomic E-state index is -1.00. The van der Waals surface area contributed by atoms with Crippen molar-refractivity contribution in [1.82, 2.24) is 15.5 Å². The first kappa shape index (κ1) is 28.9. The second-order valence-electron chi connectivity index (χ2n) is 9.56. The van der Waals surface area contributed by atoms with Gasteiger partial charge in [-0.25, -0.2) is 4.79 Å². The van der Waals surface area contributed by atoms with Gasteiger partial charge in [-0.1, -0.05) is 43.7 Å². The molecule has 0 bridgehead atoms. The summed E-state index contributed by atoms with van der Waals surface area (Å²) >= 11 is 0. The van der Waals surface area contributed by atoms with Gasteiger partial charge in [0.15, 0.2) is 0 Å². The molecule has 0 aliphatic rings. The van der Waals surface area contributed by atoms with Crippen LogP contribution in [0.25, 0.3) is 0 Å². The molecule has 2 unspecified atom stereocenters. The van der Waals surface area contributed by atoms with E-state index >= 15 is 0 Å². The number of alkyl carbamates (subject to hydrolysis) is 1. The number of methoxy groups -OCH3 is 1. The van der Waals surface area contributed by atoms with Gasteiger partial charge in [-0.15, -0.1) is 0 Å². The van der Waals surface area contributed by atoms with Crippen LogP contribution in [0, 0.1) is 12.8 Å². The molecule has 0 aliphatic heterocycles. The number of likely N-dealkylation sites (N-methyl/N-ethyl adjacent to an activating group) is 1. The fourth-order valence-electron chi connectivity index (χ4n) is 3.36. The van der Waals surface area contributed by atoms with Gasteiger partial charge in [-0.2, -0.15) is 0 Å². The van der Waals surface area contributed by atoms with E-state index in [1.807, 2.05) is 32.9 Å². The Morgan fingerprint density at radius 1 is 1.06 bits per heavy atom. The van der Waals surface area contributed by atoms with Gasteiger partial charge in [0.1, 0.15) is 24.2 Å². The first-order valence-corrected chi connectivity index (χ1v) is 11.5. The second-order valence-corrected chi connectivity index (χ2v) is 9.56. The molecule has 1 aromatic rings. The second kappa shape index (κ2) is 13.0. The summed E-state index contributed by atoms with van der Waals surface area (Å²) < 4.78 is 9.95. The first-order chi connectivity index (χ1) is 15.8. The lowest BCUT2D eigenvalue weighted by atomic mass is 9.98. The van der Waals surface area contributed by atoms with Crippen molar-refractivity contribution in [2.45, 2.75) is 72.6 Å². The van der Waals surface area contributed by atoms with E-state index < -0.39 is 41.6 Å². The average Bonchev–Trinajstić information content (AvgIpc) is 2.73. The molecular formula is C25H39N3O6. The normalized spacial score (nSPS) is 13.0. The molecular weight excluding hydrogens is 438 g/mol. The number of hydrogen-bond acceptors (Lipinski definition) is 6. The Hall–Kier alpha value is -3.10. The number of carbonyl (C=O) groups is 4. The molecule has 0 saturated heterocycles. The number of hydrogen-bond donors (Lipinski definition) is 2. The zero-order chi connectivity index (χ0) is 26.1. The smallest absolute Gasteiger partial charge is 0.408 e. The van der Waals surface area contributed by atoms with Crippen LogP contribution in [0.5, 0.6) is 0 Å². The standard InChI is InChI=1S/C25H39N3O6/c1-9-28(23(31)19(14-16(2)3)27-24(32)34-25(5,6)7)21(18-12-10-17(4)11-13-18)22(30)26-15-20(29)33-8/h10-13,16,19,21H,9,14-15H2,1-8H3,(H,26,30)(H,27,32). The van der Waals surface area contributed by atoms with Crippen LogP contribution in [0.1, 0.15) is 65.1 Å². The van der Waals surface area contributed by atoms with Crippen molar-refractivity contribution in [2.75, 3.05) is 20.2 Å². The third-order valence-corrected chi connectivity index (χ3v) is 4.91. The minimum absolute atomic E-state index is 0.0913. The van der Waals surface area contributed by atoms with E-state index in [4.69, 9.17) is 4.74 Å². The predicted octanol–water partition coefficient (Wildman–Crippen LogP) is 3.11. The maximum atomic E-state index is 13.7. The molecule has 3 amide bonds. The first-order valence-electron chi connectivity index (χ1n) is 11.5. The van der Waals surface area contributed by atoms with Crippen molar-refractivity contribution >= 4 is 23.9 Å². The Morgan fingerprint density at radius 3 is 2.12 bits per heavy atom. The van der Waals surface area contributed by atoms with Crippen LogP contribution in [-0.2, 0) is 23.9 Å². The van der Waals surface area contributed by atoms with E-state index in [2.05, 4.69) is 15.4 Å². The third kappa shape index (κ3) is 9.41. The highest BCUT2D eigenvalue weighted by Gasteiger charge is 2.35. The molecule has 9 nitrogen and oxygen atoms in total. The number of aryl methyl sites for hydroxylation is 1. The Bertz CT molecular complexity index is 845. The molecule has 190 valence electrons. The molecule has 34 heavy (non-hydrogen) atoms. The number of ether oxygens (including phenoxy) is 2. The van der Waals surface area contributed by atoms with Crippen molar-refractivity contribution in [3.8, 4) is 0 Å². The van der Waals surface area contributed by atoms with Crippen LogP contribution in [0.4, 0.5) is 4.79 Å². The maximum Gasteiger partial charge on any atom is 0.408 e. The van der Waals surface area contributed by atoms with Crippen molar-refractivity contribution in [3.63, 3.8) is 0 Å². The van der Waals surface area contributed by atoms with Gasteiger partial charge in [-0.3, -0.25) is 14.4 Å². The monoisotopic (exact) mass is 477 g/mol. The van der Waals surface area contributed by atoms with Gasteiger partial charge in [0.25, 0.3) is 0 Å². The molecule has 0 aromatic heterocycles. The topological polar surface area (TPSA) is 114 Å². The summed E-state index contributed by atoms with van der Waals surface area (Å²) in [6.45, 7) is 12.6. The number of amides is 3. The van der Waals surface area contributed by atoms with E-state index in [1.165, 1.54) is 12.0 Å². The quantitative estimate of drug-likeness (QED) is 0.501. The highest BCUT2D eigenvalue weighted by atomic mass is 16.6. The molecule has 0 radical (unpaired) electrons. The Balaban J connectivity index is 3.31. The fraction of sp³-hybridized carbons (Fsp3) is 0.600. The highest BCUT2D eigenvalue weighted by molar-refractivity contribution is 5.93. The summed E-state index contributed by atoms with van der Waals surface area (Å²) in [7, 11) is 1.23. The van der Waals surface area contributed by atoms with Crippen LogP contribution in [0.3, 0.4) is 0 Å². The highest BCUT2D eigenvalue weighted by Crippen LogP contribution is 2.24. The van der Waals surface area contributed by atoms with Crippen LogP contribution in [0.15, 0.2) is 24.3 Å². The molecule has 0 spiro atoms. The van der Waals surface area contributed by atoms with Crippen molar-refractivity contribution in [3.05, 3.63) is 35.4 Å². The van der Waals surface area contributed by atoms with Gasteiger partial charge in [0.05, 0.1) is 7.11 Å². The Kier molecular flexibility index (Phi) is 11.0. The summed E-state index contributed by atoms with van der Waals surface area (Å²) in [5.41, 5.74) is 0.859. The third-order valence-electron chi connectivity index (χ3n) is 4.91. The van der Waals surface area contributed by atoms with E-state index in [0.717, 1.165) is 5.56 Å². The molecule has 0 saturated carbocycles. The van der Waals surface area contributed by atoms with Crippen molar-refractivity contribution in [1.29, 1.82) is 0 Å². The number of carbonyl (C=O) groups excluding carboxylic acids is 4. The van der Waals surface area contributed by atoms with E-state index in [1.54, 1.807) is 39.8 Å². The van der Waals surface area contributed by atoms with Crippen LogP contribution < -0.4 is 10.6 Å². The zero-order valence-electron chi connectivity index (χ0n) is 21.6. The van der Waals surface area contributed by atoms with Crippen molar-refractivity contribution < 1.29 is 28.7 Å². The Morgan fingerprint density at radius 2 is 1.65 bits per heavy atom. The van der Waals surface area contributed by atoms with Gasteiger partial charge in [-0.05, 0) is 52.5 Å². The van der Waals surface area contributed by atoms with Crippen LogP contribution in [-0.4, -0.2) is 60.6 Å². The zero-order valence-corrected chi connectivity index (χ0v) is 21.6. The summed E-state index contributed by atoms with van der Waals surface area (Å²) in [4.78, 5) is 52.3. The minimum Gasteiger partial charge on any atom is -0.468 e. The number of nitrogens with zero attached hydrogens (tertiary/aromatic N) is 1. The number of nitrogens with one attached hydrogen (secondary N) is 2. The predicted molar refractivity (Wildman–Crippen MR) is 129 cm³/mol. The lowest BCUT2D eigenvalue weighted by Gasteiger charge is -2.34. The average molecular weight is 478 g/mol. The summed E-state index contributed by atoms with van der Waals surface area (Å²) in [6, 6.07) is 5.34. The van der Waals surface area contributed by atoms with E-state index in [-0.39, 0.29) is 19.0 Å². The van der Waals surface area contributed by atoms with Crippen LogP contribution >= 0.6 is 0 Å². The molecule has 2 N–H and O–H groups in total. The van der Waals surface area contributed by atoms with E-state index in [0.29, 0.717) is 12.0 Å². The molecule has 9 heteroatoms. The van der Waals surface area contributed by atoms with E-state index in [9.17, 15) is 19.2 Å². The summed E-state index contributed by atoms with van der Waals surface area (Å²) in [6.07, 6.45) is -0.344. The SMILES string of the molecule is CCN(C(=O)C(CC(C)C)NC(=O)OC(C)(C)C)C(C(=O)NCC(=O)OC)c1ccc(C)cc1. The molecule has 0 heterocycles. The van der Waals surface area contributed by atoms with Gasteiger partial charge in [0, 0.05) is 6.54 Å².